The minimum Gasteiger partial charge on any atom is -0.389 e. The summed E-state index contributed by atoms with van der Waals surface area (Å²) in [6.45, 7) is 1.71. The molecule has 0 bridgehead atoms. The first-order valence-electron chi connectivity index (χ1n) is 5.63. The van der Waals surface area contributed by atoms with Crippen LogP contribution in [0.25, 0.3) is 0 Å². The molecule has 3 rings (SSSR count). The van der Waals surface area contributed by atoms with Crippen molar-refractivity contribution in [2.24, 2.45) is 17.8 Å². The maximum absolute atomic E-state index is 10.5. The first-order chi connectivity index (χ1) is 6.33. The maximum Gasteiger partial charge on any atom is 0.0761 e. The van der Waals surface area contributed by atoms with Crippen LogP contribution in [0.4, 0.5) is 0 Å². The summed E-state index contributed by atoms with van der Waals surface area (Å²) in [6, 6.07) is 0. The highest BCUT2D eigenvalue weighted by atomic mass is 16.5. The molecule has 2 heteroatoms. The minimum atomic E-state index is -0.293. The number of aliphatic hydroxyl groups is 1. The number of hydrogen-bond acceptors (Lipinski definition) is 2. The monoisotopic (exact) mass is 182 g/mol. The lowest BCUT2D eigenvalue weighted by Gasteiger charge is -2.29. The molecule has 0 radical (unpaired) electrons. The molecule has 0 aromatic heterocycles. The van der Waals surface area contributed by atoms with E-state index in [0.29, 0.717) is 17.8 Å². The molecule has 1 heterocycles. The molecule has 1 aliphatic heterocycles. The first-order valence-corrected chi connectivity index (χ1v) is 5.63. The Morgan fingerprint density at radius 1 is 1.08 bits per heavy atom. The third kappa shape index (κ3) is 1.02. The van der Waals surface area contributed by atoms with Crippen LogP contribution in [0.15, 0.2) is 0 Å². The Labute approximate surface area is 79.3 Å². The van der Waals surface area contributed by atoms with Gasteiger partial charge in [0.2, 0.25) is 0 Å². The number of rotatable bonds is 1. The third-order valence-electron chi connectivity index (χ3n) is 4.41. The molecule has 3 atom stereocenters. The SMILES string of the molecule is OC1(C2CCCOC2)C2CCCC21. The molecule has 1 saturated heterocycles. The van der Waals surface area contributed by atoms with E-state index in [1.807, 2.05) is 0 Å². The van der Waals surface area contributed by atoms with Gasteiger partial charge in [-0.25, -0.2) is 0 Å². The van der Waals surface area contributed by atoms with Gasteiger partial charge in [-0.15, -0.1) is 0 Å². The van der Waals surface area contributed by atoms with Gasteiger partial charge < -0.3 is 9.84 Å². The first kappa shape index (κ1) is 8.25. The summed E-state index contributed by atoms with van der Waals surface area (Å²) >= 11 is 0. The Morgan fingerprint density at radius 2 is 1.85 bits per heavy atom. The van der Waals surface area contributed by atoms with Crippen molar-refractivity contribution in [2.45, 2.75) is 37.7 Å². The molecule has 0 aromatic carbocycles. The van der Waals surface area contributed by atoms with Crippen molar-refractivity contribution in [3.63, 3.8) is 0 Å². The Balaban J connectivity index is 1.71. The van der Waals surface area contributed by atoms with Crippen molar-refractivity contribution in [1.29, 1.82) is 0 Å². The lowest BCUT2D eigenvalue weighted by molar-refractivity contribution is -0.0403. The van der Waals surface area contributed by atoms with Crippen molar-refractivity contribution in [1.82, 2.24) is 0 Å². The summed E-state index contributed by atoms with van der Waals surface area (Å²) in [5.41, 5.74) is -0.293. The van der Waals surface area contributed by atoms with E-state index in [9.17, 15) is 5.11 Å². The fraction of sp³-hybridized carbons (Fsp3) is 1.00. The molecule has 13 heavy (non-hydrogen) atoms. The molecule has 3 unspecified atom stereocenters. The normalized spacial score (nSPS) is 54.7. The summed E-state index contributed by atoms with van der Waals surface area (Å²) in [5.74, 6) is 1.73. The molecular weight excluding hydrogens is 164 g/mol. The summed E-state index contributed by atoms with van der Waals surface area (Å²) in [7, 11) is 0. The van der Waals surface area contributed by atoms with E-state index in [-0.39, 0.29) is 5.60 Å². The van der Waals surface area contributed by atoms with Gasteiger partial charge in [-0.1, -0.05) is 6.42 Å². The van der Waals surface area contributed by atoms with Crippen molar-refractivity contribution in [2.75, 3.05) is 13.2 Å². The van der Waals surface area contributed by atoms with Gasteiger partial charge in [0.1, 0.15) is 0 Å². The Morgan fingerprint density at radius 3 is 2.46 bits per heavy atom. The summed E-state index contributed by atoms with van der Waals surface area (Å²) in [5, 5.41) is 10.5. The van der Waals surface area contributed by atoms with Crippen LogP contribution >= 0.6 is 0 Å². The van der Waals surface area contributed by atoms with Crippen LogP contribution in [0, 0.1) is 17.8 Å². The Kier molecular flexibility index (Phi) is 1.72. The zero-order valence-electron chi connectivity index (χ0n) is 8.04. The second kappa shape index (κ2) is 2.71. The van der Waals surface area contributed by atoms with Crippen molar-refractivity contribution < 1.29 is 9.84 Å². The Hall–Kier alpha value is -0.0800. The summed E-state index contributed by atoms with van der Waals surface area (Å²) < 4.78 is 5.45. The van der Waals surface area contributed by atoms with Crippen molar-refractivity contribution >= 4 is 0 Å². The highest BCUT2D eigenvalue weighted by molar-refractivity contribution is 5.17. The highest BCUT2D eigenvalue weighted by Crippen LogP contribution is 2.64. The summed E-state index contributed by atoms with van der Waals surface area (Å²) in [6.07, 6.45) is 6.19. The summed E-state index contributed by atoms with van der Waals surface area (Å²) in [4.78, 5) is 0. The fourth-order valence-corrected chi connectivity index (χ4v) is 3.68. The van der Waals surface area contributed by atoms with Crippen LogP contribution in [0.5, 0.6) is 0 Å². The van der Waals surface area contributed by atoms with Gasteiger partial charge >= 0.3 is 0 Å². The van der Waals surface area contributed by atoms with Crippen LogP contribution in [-0.4, -0.2) is 23.9 Å². The lowest BCUT2D eigenvalue weighted by Crippen LogP contribution is -2.34. The van der Waals surface area contributed by atoms with Gasteiger partial charge in [0.15, 0.2) is 0 Å². The fourth-order valence-electron chi connectivity index (χ4n) is 3.68. The predicted octanol–water partition coefficient (Wildman–Crippen LogP) is 1.57. The molecule has 2 aliphatic carbocycles. The number of hydrogen-bond donors (Lipinski definition) is 1. The van der Waals surface area contributed by atoms with Crippen molar-refractivity contribution in [3.8, 4) is 0 Å². The molecule has 3 fully saturated rings. The van der Waals surface area contributed by atoms with Crippen LogP contribution in [0.2, 0.25) is 0 Å². The molecule has 0 aromatic rings. The molecule has 2 saturated carbocycles. The van der Waals surface area contributed by atoms with Crippen molar-refractivity contribution in [3.05, 3.63) is 0 Å². The zero-order valence-corrected chi connectivity index (χ0v) is 8.04. The van der Waals surface area contributed by atoms with Crippen LogP contribution < -0.4 is 0 Å². The molecule has 2 nitrogen and oxygen atoms in total. The van der Waals surface area contributed by atoms with E-state index in [4.69, 9.17) is 4.74 Å². The van der Waals surface area contributed by atoms with E-state index >= 15 is 0 Å². The lowest BCUT2D eigenvalue weighted by atomic mass is 9.88. The molecular formula is C11H18O2. The van der Waals surface area contributed by atoms with Gasteiger partial charge in [-0.3, -0.25) is 0 Å². The van der Waals surface area contributed by atoms with Crippen LogP contribution in [0.1, 0.15) is 32.1 Å². The van der Waals surface area contributed by atoms with E-state index in [1.54, 1.807) is 0 Å². The topological polar surface area (TPSA) is 29.5 Å². The van der Waals surface area contributed by atoms with E-state index in [1.165, 1.54) is 25.7 Å². The second-order valence-corrected chi connectivity index (χ2v) is 4.95. The average molecular weight is 182 g/mol. The van der Waals surface area contributed by atoms with Gasteiger partial charge in [-0.2, -0.15) is 0 Å². The maximum atomic E-state index is 10.5. The van der Waals surface area contributed by atoms with Gasteiger partial charge in [-0.05, 0) is 37.5 Å². The van der Waals surface area contributed by atoms with Crippen LogP contribution in [-0.2, 0) is 4.74 Å². The number of ether oxygens (including phenoxy) is 1. The highest BCUT2D eigenvalue weighted by Gasteiger charge is 2.68. The largest absolute Gasteiger partial charge is 0.389 e. The van der Waals surface area contributed by atoms with Gasteiger partial charge in [0, 0.05) is 12.5 Å². The van der Waals surface area contributed by atoms with Gasteiger partial charge in [0.25, 0.3) is 0 Å². The molecule has 1 N–H and O–H groups in total. The molecule has 0 amide bonds. The van der Waals surface area contributed by atoms with Crippen LogP contribution in [0.3, 0.4) is 0 Å². The minimum absolute atomic E-state index is 0.293. The third-order valence-corrected chi connectivity index (χ3v) is 4.41. The van der Waals surface area contributed by atoms with E-state index in [2.05, 4.69) is 0 Å². The smallest absolute Gasteiger partial charge is 0.0761 e. The van der Waals surface area contributed by atoms with Gasteiger partial charge in [0.05, 0.1) is 12.2 Å². The molecule has 74 valence electrons. The second-order valence-electron chi connectivity index (χ2n) is 4.95. The predicted molar refractivity (Wildman–Crippen MR) is 49.3 cm³/mol. The van der Waals surface area contributed by atoms with E-state index < -0.39 is 0 Å². The quantitative estimate of drug-likeness (QED) is 0.667. The number of fused-ring (bicyclic) bond motifs is 1. The zero-order chi connectivity index (χ0) is 8.89. The Bertz CT molecular complexity index is 198. The standard InChI is InChI=1S/C11H18O2/c12-11(8-3-2-6-13-7-8)9-4-1-5-10(9)11/h8-10,12H,1-7H2. The molecule has 0 spiro atoms. The van der Waals surface area contributed by atoms with E-state index in [0.717, 1.165) is 19.6 Å². The molecule has 3 aliphatic rings. The average Bonchev–Trinajstić information content (AvgIpc) is 2.62.